The van der Waals surface area contributed by atoms with Gasteiger partial charge in [0.1, 0.15) is 5.84 Å². The quantitative estimate of drug-likeness (QED) is 0.849. The van der Waals surface area contributed by atoms with E-state index in [9.17, 15) is 0 Å². The van der Waals surface area contributed by atoms with Gasteiger partial charge < -0.3 is 0 Å². The van der Waals surface area contributed by atoms with E-state index in [0.29, 0.717) is 0 Å². The van der Waals surface area contributed by atoms with Crippen LogP contribution in [0.4, 0.5) is 0 Å². The van der Waals surface area contributed by atoms with Gasteiger partial charge in [-0.15, -0.1) is 0 Å². The van der Waals surface area contributed by atoms with Gasteiger partial charge in [0, 0.05) is 12.6 Å². The highest BCUT2D eigenvalue weighted by atomic mass is 15.4. The lowest BCUT2D eigenvalue weighted by molar-refractivity contribution is 0.840. The van der Waals surface area contributed by atoms with E-state index < -0.39 is 0 Å². The van der Waals surface area contributed by atoms with Crippen LogP contribution in [0, 0.1) is 0 Å². The molecule has 1 aliphatic heterocycles. The van der Waals surface area contributed by atoms with E-state index in [2.05, 4.69) is 53.6 Å². The molecule has 0 saturated carbocycles. The first-order valence-electron chi connectivity index (χ1n) is 6.26. The number of benzene rings is 1. The Morgan fingerprint density at radius 3 is 2.68 bits per heavy atom. The van der Waals surface area contributed by atoms with Crippen LogP contribution in [0.15, 0.2) is 53.6 Å². The summed E-state index contributed by atoms with van der Waals surface area (Å²) in [5.74, 6) is 0.811. The van der Waals surface area contributed by atoms with E-state index >= 15 is 0 Å². The number of hydrogen-bond acceptors (Lipinski definition) is 2. The Hall–Kier alpha value is -2.29. The topological polar surface area (TPSA) is 36.4 Å². The second kappa shape index (κ2) is 5.57. The lowest BCUT2D eigenvalue weighted by atomic mass is 10.0. The summed E-state index contributed by atoms with van der Waals surface area (Å²) in [6.07, 6.45) is 4.01. The van der Waals surface area contributed by atoms with E-state index in [1.807, 2.05) is 19.1 Å². The standard InChI is InChI=1S/C16H19N3/c1-11(2)13-6-5-7-14(10-13)16-12(3)8-9-15(17-4)18-19-16/h5-10,19H,1H2,2-4H3,(H,17,18). The highest BCUT2D eigenvalue weighted by molar-refractivity contribution is 5.95. The molecule has 2 N–H and O–H groups in total. The lowest BCUT2D eigenvalue weighted by Crippen LogP contribution is -2.34. The number of hydrazine groups is 1. The minimum absolute atomic E-state index is 0.811. The molecule has 1 heterocycles. The highest BCUT2D eigenvalue weighted by Gasteiger charge is 2.09. The Labute approximate surface area is 114 Å². The van der Waals surface area contributed by atoms with Crippen LogP contribution in [-0.2, 0) is 0 Å². The van der Waals surface area contributed by atoms with Gasteiger partial charge in [-0.05, 0) is 37.1 Å². The molecule has 0 bridgehead atoms. The van der Waals surface area contributed by atoms with Crippen molar-refractivity contribution in [2.75, 3.05) is 7.05 Å². The molecule has 1 aromatic rings. The molecule has 98 valence electrons. The molecule has 0 radical (unpaired) electrons. The average Bonchev–Trinajstić information content (AvgIpc) is 2.60. The van der Waals surface area contributed by atoms with Gasteiger partial charge in [0.05, 0.1) is 5.70 Å². The molecule has 0 amide bonds. The third kappa shape index (κ3) is 2.94. The maximum Gasteiger partial charge on any atom is 0.139 e. The molecular formula is C16H19N3. The molecule has 3 heteroatoms. The van der Waals surface area contributed by atoms with E-state index in [1.165, 1.54) is 0 Å². The fraction of sp³-hybridized carbons (Fsp3) is 0.188. The number of aliphatic imine (C=N–C) groups is 1. The Bertz CT molecular complexity index is 592. The Balaban J connectivity index is 2.39. The monoisotopic (exact) mass is 253 g/mol. The van der Waals surface area contributed by atoms with Crippen LogP contribution in [0.5, 0.6) is 0 Å². The van der Waals surface area contributed by atoms with Crippen molar-refractivity contribution in [3.63, 3.8) is 0 Å². The zero-order valence-corrected chi connectivity index (χ0v) is 11.6. The molecule has 0 aliphatic carbocycles. The van der Waals surface area contributed by atoms with Crippen molar-refractivity contribution in [2.24, 2.45) is 4.99 Å². The molecule has 19 heavy (non-hydrogen) atoms. The number of nitrogens with one attached hydrogen (secondary N) is 2. The van der Waals surface area contributed by atoms with Gasteiger partial charge in [0.15, 0.2) is 0 Å². The third-order valence-corrected chi connectivity index (χ3v) is 3.09. The summed E-state index contributed by atoms with van der Waals surface area (Å²) in [6.45, 7) is 8.08. The van der Waals surface area contributed by atoms with E-state index in [4.69, 9.17) is 0 Å². The second-order valence-corrected chi connectivity index (χ2v) is 4.61. The molecule has 0 atom stereocenters. The summed E-state index contributed by atoms with van der Waals surface area (Å²) in [5, 5.41) is 0. The average molecular weight is 253 g/mol. The van der Waals surface area contributed by atoms with Crippen LogP contribution in [-0.4, -0.2) is 12.9 Å². The predicted octanol–water partition coefficient (Wildman–Crippen LogP) is 3.14. The first-order valence-corrected chi connectivity index (χ1v) is 6.26. The van der Waals surface area contributed by atoms with Gasteiger partial charge >= 0.3 is 0 Å². The third-order valence-electron chi connectivity index (χ3n) is 3.09. The first kappa shape index (κ1) is 13.1. The van der Waals surface area contributed by atoms with Crippen LogP contribution in [0.1, 0.15) is 25.0 Å². The summed E-state index contributed by atoms with van der Waals surface area (Å²) in [6, 6.07) is 8.34. The zero-order valence-electron chi connectivity index (χ0n) is 11.6. The van der Waals surface area contributed by atoms with Gasteiger partial charge in [-0.25, -0.2) is 0 Å². The van der Waals surface area contributed by atoms with E-state index in [0.717, 1.165) is 33.8 Å². The molecular weight excluding hydrogens is 234 g/mol. The number of hydrogen-bond donors (Lipinski definition) is 2. The number of allylic oxidation sites excluding steroid dienone is 3. The molecule has 0 unspecified atom stereocenters. The minimum Gasteiger partial charge on any atom is -0.299 e. The van der Waals surface area contributed by atoms with Gasteiger partial charge in [-0.1, -0.05) is 36.4 Å². The van der Waals surface area contributed by atoms with Crippen molar-refractivity contribution in [2.45, 2.75) is 13.8 Å². The summed E-state index contributed by atoms with van der Waals surface area (Å²) in [7, 11) is 1.76. The first-order chi connectivity index (χ1) is 9.11. The van der Waals surface area contributed by atoms with Crippen molar-refractivity contribution in [1.82, 2.24) is 10.9 Å². The molecule has 0 saturated heterocycles. The van der Waals surface area contributed by atoms with Crippen LogP contribution >= 0.6 is 0 Å². The smallest absolute Gasteiger partial charge is 0.139 e. The molecule has 3 nitrogen and oxygen atoms in total. The highest BCUT2D eigenvalue weighted by Crippen LogP contribution is 2.21. The van der Waals surface area contributed by atoms with Crippen molar-refractivity contribution in [3.8, 4) is 0 Å². The van der Waals surface area contributed by atoms with Crippen LogP contribution in [0.2, 0.25) is 0 Å². The molecule has 0 fully saturated rings. The van der Waals surface area contributed by atoms with E-state index in [1.54, 1.807) is 7.05 Å². The summed E-state index contributed by atoms with van der Waals surface area (Å²) in [4.78, 5) is 4.13. The molecule has 0 spiro atoms. The minimum atomic E-state index is 0.811. The van der Waals surface area contributed by atoms with Crippen molar-refractivity contribution < 1.29 is 0 Å². The van der Waals surface area contributed by atoms with Crippen LogP contribution in [0.3, 0.4) is 0 Å². The van der Waals surface area contributed by atoms with Gasteiger partial charge in [0.25, 0.3) is 0 Å². The van der Waals surface area contributed by atoms with Crippen LogP contribution < -0.4 is 10.9 Å². The van der Waals surface area contributed by atoms with Crippen molar-refractivity contribution >= 4 is 17.1 Å². The Kier molecular flexibility index (Phi) is 3.85. The molecule has 2 rings (SSSR count). The predicted molar refractivity (Wildman–Crippen MR) is 82.5 cm³/mol. The maximum atomic E-state index is 4.13. The maximum absolute atomic E-state index is 4.13. The van der Waals surface area contributed by atoms with E-state index in [-0.39, 0.29) is 0 Å². The number of amidine groups is 1. The van der Waals surface area contributed by atoms with Gasteiger partial charge in [-0.2, -0.15) is 0 Å². The second-order valence-electron chi connectivity index (χ2n) is 4.61. The normalized spacial score (nSPS) is 16.9. The van der Waals surface area contributed by atoms with Crippen molar-refractivity contribution in [1.29, 1.82) is 0 Å². The Morgan fingerprint density at radius 2 is 2.00 bits per heavy atom. The summed E-state index contributed by atoms with van der Waals surface area (Å²) >= 11 is 0. The molecule has 0 aromatic heterocycles. The molecule has 1 aliphatic rings. The number of rotatable bonds is 2. The van der Waals surface area contributed by atoms with Crippen LogP contribution in [0.25, 0.3) is 11.3 Å². The fourth-order valence-electron chi connectivity index (χ4n) is 1.92. The molecule has 1 aromatic carbocycles. The van der Waals surface area contributed by atoms with Gasteiger partial charge in [0.2, 0.25) is 0 Å². The van der Waals surface area contributed by atoms with Crippen molar-refractivity contribution in [3.05, 3.63) is 59.7 Å². The summed E-state index contributed by atoms with van der Waals surface area (Å²) in [5.41, 5.74) is 11.9. The number of nitrogens with zero attached hydrogens (tertiary/aromatic N) is 1. The summed E-state index contributed by atoms with van der Waals surface area (Å²) < 4.78 is 0. The SMILES string of the molecule is C=C(C)c1cccc(C2=C(C)C=CC(=NC)NN2)c1. The van der Waals surface area contributed by atoms with Gasteiger partial charge in [-0.3, -0.25) is 15.8 Å². The lowest BCUT2D eigenvalue weighted by Gasteiger charge is -2.14. The fourth-order valence-corrected chi connectivity index (χ4v) is 1.92. The zero-order chi connectivity index (χ0) is 13.8. The largest absolute Gasteiger partial charge is 0.299 e. The Morgan fingerprint density at radius 1 is 1.21 bits per heavy atom.